The van der Waals surface area contributed by atoms with Gasteiger partial charge in [-0.05, 0) is 43.3 Å². The van der Waals surface area contributed by atoms with Crippen LogP contribution in [0.4, 0.5) is 0 Å². The number of carbonyl (C=O) groups is 1. The Bertz CT molecular complexity index is 712. The largest absolute Gasteiger partial charge is 0.464 e. The average molecular weight is 296 g/mol. The highest BCUT2D eigenvalue weighted by atomic mass is 16.5. The molecule has 0 bridgehead atoms. The fourth-order valence-corrected chi connectivity index (χ4v) is 2.57. The third kappa shape index (κ3) is 2.74. The van der Waals surface area contributed by atoms with Gasteiger partial charge in [0.2, 0.25) is 0 Å². The molecule has 0 N–H and O–H groups in total. The lowest BCUT2D eigenvalue weighted by atomic mass is 10.1. The third-order valence-electron chi connectivity index (χ3n) is 3.74. The Hall–Kier alpha value is -2.58. The summed E-state index contributed by atoms with van der Waals surface area (Å²) in [4.78, 5) is 14.5. The quantitative estimate of drug-likeness (QED) is 0.854. The van der Waals surface area contributed by atoms with Gasteiger partial charge in [-0.15, -0.1) is 0 Å². The molecule has 1 amide bonds. The van der Waals surface area contributed by atoms with Crippen molar-refractivity contribution in [2.75, 3.05) is 19.8 Å². The van der Waals surface area contributed by atoms with Gasteiger partial charge in [0.15, 0.2) is 0 Å². The molecule has 3 rings (SSSR count). The molecule has 0 aliphatic carbocycles. The van der Waals surface area contributed by atoms with Crippen LogP contribution >= 0.6 is 0 Å². The summed E-state index contributed by atoms with van der Waals surface area (Å²) in [5.74, 6) is 1.47. The Balaban J connectivity index is 1.86. The fraction of sp³-hybridized carbons (Fsp3) is 0.294. The van der Waals surface area contributed by atoms with Crippen LogP contribution in [0, 0.1) is 18.3 Å². The fourth-order valence-electron chi connectivity index (χ4n) is 2.57. The van der Waals surface area contributed by atoms with Gasteiger partial charge < -0.3 is 14.1 Å². The minimum atomic E-state index is -0.217. The molecule has 1 fully saturated rings. The number of morpholine rings is 1. The van der Waals surface area contributed by atoms with Gasteiger partial charge in [-0.25, -0.2) is 0 Å². The lowest BCUT2D eigenvalue weighted by Gasteiger charge is -2.34. The summed E-state index contributed by atoms with van der Waals surface area (Å²) in [6.07, 6.45) is 0. The molecule has 0 spiro atoms. The number of rotatable bonds is 2. The monoisotopic (exact) mass is 296 g/mol. The number of benzene rings is 1. The highest BCUT2D eigenvalue weighted by Crippen LogP contribution is 2.27. The zero-order valence-electron chi connectivity index (χ0n) is 12.3. The summed E-state index contributed by atoms with van der Waals surface area (Å²) in [5.41, 5.74) is 1.10. The normalized spacial score (nSPS) is 18.0. The second kappa shape index (κ2) is 6.04. The van der Waals surface area contributed by atoms with E-state index in [-0.39, 0.29) is 11.9 Å². The van der Waals surface area contributed by atoms with Crippen molar-refractivity contribution in [3.8, 4) is 6.07 Å². The maximum atomic E-state index is 12.7. The van der Waals surface area contributed by atoms with E-state index in [1.165, 1.54) is 0 Å². The summed E-state index contributed by atoms with van der Waals surface area (Å²) < 4.78 is 11.2. The topological polar surface area (TPSA) is 66.5 Å². The van der Waals surface area contributed by atoms with Crippen molar-refractivity contribution in [1.82, 2.24) is 4.90 Å². The van der Waals surface area contributed by atoms with Gasteiger partial charge in [-0.2, -0.15) is 5.26 Å². The summed E-state index contributed by atoms with van der Waals surface area (Å²) in [6.45, 7) is 3.33. The van der Waals surface area contributed by atoms with E-state index in [0.717, 1.165) is 11.5 Å². The summed E-state index contributed by atoms with van der Waals surface area (Å²) in [7, 11) is 0. The summed E-state index contributed by atoms with van der Waals surface area (Å²) in [6, 6.07) is 12.3. The number of carbonyl (C=O) groups excluding carboxylic acids is 1. The maximum absolute atomic E-state index is 12.7. The zero-order chi connectivity index (χ0) is 15.5. The van der Waals surface area contributed by atoms with Crippen molar-refractivity contribution < 1.29 is 13.9 Å². The molecule has 5 heteroatoms. The van der Waals surface area contributed by atoms with E-state index in [4.69, 9.17) is 14.4 Å². The first kappa shape index (κ1) is 14.4. The van der Waals surface area contributed by atoms with E-state index < -0.39 is 0 Å². The molecule has 1 aromatic carbocycles. The van der Waals surface area contributed by atoms with E-state index in [1.807, 2.05) is 19.1 Å². The second-order valence-corrected chi connectivity index (χ2v) is 5.23. The molecule has 112 valence electrons. The summed E-state index contributed by atoms with van der Waals surface area (Å²) in [5, 5.41) is 8.83. The molecule has 1 aliphatic heterocycles. The van der Waals surface area contributed by atoms with Crippen LogP contribution in [-0.2, 0) is 4.74 Å². The molecular formula is C17H16N2O3. The molecule has 0 radical (unpaired) electrons. The number of ether oxygens (including phenoxy) is 1. The molecule has 1 aliphatic rings. The SMILES string of the molecule is Cc1ccc([C@@H]2COCCN2C(=O)c2ccc(C#N)cc2)o1. The van der Waals surface area contributed by atoms with Crippen LogP contribution in [0.5, 0.6) is 0 Å². The first-order valence-corrected chi connectivity index (χ1v) is 7.14. The Morgan fingerprint density at radius 3 is 2.68 bits per heavy atom. The molecule has 0 saturated carbocycles. The van der Waals surface area contributed by atoms with E-state index in [1.54, 1.807) is 29.2 Å². The van der Waals surface area contributed by atoms with E-state index in [2.05, 4.69) is 6.07 Å². The van der Waals surface area contributed by atoms with Crippen molar-refractivity contribution in [3.05, 3.63) is 59.0 Å². The lowest BCUT2D eigenvalue weighted by molar-refractivity contribution is -0.00894. The van der Waals surface area contributed by atoms with Crippen LogP contribution in [0.3, 0.4) is 0 Å². The van der Waals surface area contributed by atoms with Crippen LogP contribution < -0.4 is 0 Å². The molecule has 22 heavy (non-hydrogen) atoms. The maximum Gasteiger partial charge on any atom is 0.254 e. The minimum Gasteiger partial charge on any atom is -0.464 e. The van der Waals surface area contributed by atoms with Crippen LogP contribution in [0.25, 0.3) is 0 Å². The second-order valence-electron chi connectivity index (χ2n) is 5.23. The Labute approximate surface area is 128 Å². The number of furan rings is 1. The zero-order valence-corrected chi connectivity index (χ0v) is 12.3. The first-order valence-electron chi connectivity index (χ1n) is 7.14. The first-order chi connectivity index (χ1) is 10.7. The van der Waals surface area contributed by atoms with Crippen LogP contribution in [0.2, 0.25) is 0 Å². The lowest BCUT2D eigenvalue weighted by Crippen LogP contribution is -2.43. The predicted molar refractivity (Wildman–Crippen MR) is 79.2 cm³/mol. The van der Waals surface area contributed by atoms with Crippen molar-refractivity contribution in [3.63, 3.8) is 0 Å². The van der Waals surface area contributed by atoms with Crippen molar-refractivity contribution in [2.24, 2.45) is 0 Å². The molecule has 5 nitrogen and oxygen atoms in total. The molecular weight excluding hydrogens is 280 g/mol. The van der Waals surface area contributed by atoms with Gasteiger partial charge >= 0.3 is 0 Å². The molecule has 2 aromatic rings. The van der Waals surface area contributed by atoms with Gasteiger partial charge in [-0.1, -0.05) is 0 Å². The van der Waals surface area contributed by atoms with Crippen LogP contribution in [0.1, 0.15) is 33.5 Å². The predicted octanol–water partition coefficient (Wildman–Crippen LogP) is 2.67. The molecule has 1 aromatic heterocycles. The number of nitriles is 1. The van der Waals surface area contributed by atoms with Crippen LogP contribution in [0.15, 0.2) is 40.8 Å². The van der Waals surface area contributed by atoms with Gasteiger partial charge in [0.1, 0.15) is 17.6 Å². The number of aryl methyl sites for hydroxylation is 1. The number of nitrogens with zero attached hydrogens (tertiary/aromatic N) is 2. The van der Waals surface area contributed by atoms with Gasteiger partial charge in [-0.3, -0.25) is 4.79 Å². The van der Waals surface area contributed by atoms with Crippen molar-refractivity contribution in [2.45, 2.75) is 13.0 Å². The Morgan fingerprint density at radius 2 is 2.05 bits per heavy atom. The molecule has 0 unspecified atom stereocenters. The molecule has 1 saturated heterocycles. The third-order valence-corrected chi connectivity index (χ3v) is 3.74. The van der Waals surface area contributed by atoms with E-state index >= 15 is 0 Å². The highest BCUT2D eigenvalue weighted by molar-refractivity contribution is 5.94. The Kier molecular flexibility index (Phi) is 3.94. The number of amides is 1. The number of hydrogen-bond donors (Lipinski definition) is 0. The van der Waals surface area contributed by atoms with E-state index in [9.17, 15) is 4.79 Å². The standard InChI is InChI=1S/C17H16N2O3/c1-12-2-7-16(22-12)15-11-21-9-8-19(15)17(20)14-5-3-13(10-18)4-6-14/h2-7,15H,8-9,11H2,1H3/t15-/m0/s1. The van der Waals surface area contributed by atoms with Crippen LogP contribution in [-0.4, -0.2) is 30.6 Å². The Morgan fingerprint density at radius 1 is 1.27 bits per heavy atom. The number of hydrogen-bond acceptors (Lipinski definition) is 4. The van der Waals surface area contributed by atoms with Crippen molar-refractivity contribution in [1.29, 1.82) is 5.26 Å². The average Bonchev–Trinajstić information content (AvgIpc) is 3.00. The van der Waals surface area contributed by atoms with Crippen molar-refractivity contribution >= 4 is 5.91 Å². The van der Waals surface area contributed by atoms with Gasteiger partial charge in [0.25, 0.3) is 5.91 Å². The molecule has 2 heterocycles. The minimum absolute atomic E-state index is 0.0770. The summed E-state index contributed by atoms with van der Waals surface area (Å²) >= 11 is 0. The molecule has 1 atom stereocenters. The van der Waals surface area contributed by atoms with E-state index in [0.29, 0.717) is 30.9 Å². The van der Waals surface area contributed by atoms with Gasteiger partial charge in [0.05, 0.1) is 24.8 Å². The highest BCUT2D eigenvalue weighted by Gasteiger charge is 2.31. The smallest absolute Gasteiger partial charge is 0.254 e. The van der Waals surface area contributed by atoms with Gasteiger partial charge in [0, 0.05) is 12.1 Å².